The molecule has 0 saturated carbocycles. The molecule has 0 bridgehead atoms. The molecular weight excluding hydrogens is 265 g/mol. The molecule has 0 saturated heterocycles. The van der Waals surface area contributed by atoms with Gasteiger partial charge in [0.1, 0.15) is 5.75 Å². The predicted octanol–water partition coefficient (Wildman–Crippen LogP) is 4.60. The minimum Gasteiger partial charge on any atom is -0.453 e. The summed E-state index contributed by atoms with van der Waals surface area (Å²) < 4.78 is 19.3. The summed E-state index contributed by atoms with van der Waals surface area (Å²) in [6, 6.07) is 10.1. The number of ether oxygens (including phenoxy) is 1. The molecule has 4 heteroatoms. The Kier molecular flexibility index (Phi) is 4.08. The fourth-order valence-corrected chi connectivity index (χ4v) is 1.93. The highest BCUT2D eigenvalue weighted by Crippen LogP contribution is 2.33. The van der Waals surface area contributed by atoms with Crippen molar-refractivity contribution in [3.8, 4) is 11.5 Å². The van der Waals surface area contributed by atoms with E-state index in [0.29, 0.717) is 16.3 Å². The lowest BCUT2D eigenvalue weighted by molar-refractivity contribution is 0.440. The minimum absolute atomic E-state index is 0.109. The van der Waals surface area contributed by atoms with E-state index in [4.69, 9.17) is 22.1 Å². The average molecular weight is 280 g/mol. The van der Waals surface area contributed by atoms with Gasteiger partial charge in [0.15, 0.2) is 11.6 Å². The molecule has 0 aliphatic carbocycles. The molecule has 2 nitrogen and oxygen atoms in total. The zero-order chi connectivity index (χ0) is 14.0. The van der Waals surface area contributed by atoms with Crippen LogP contribution in [0, 0.1) is 12.7 Å². The first-order valence-corrected chi connectivity index (χ1v) is 6.35. The van der Waals surface area contributed by atoms with Gasteiger partial charge in [-0.15, -0.1) is 0 Å². The zero-order valence-corrected chi connectivity index (χ0v) is 11.5. The van der Waals surface area contributed by atoms with E-state index < -0.39 is 0 Å². The summed E-state index contributed by atoms with van der Waals surface area (Å²) in [5.74, 6) is 0.195. The molecular formula is C15H15ClFNO. The fourth-order valence-electron chi connectivity index (χ4n) is 1.70. The summed E-state index contributed by atoms with van der Waals surface area (Å²) in [5.41, 5.74) is 7.20. The normalized spacial score (nSPS) is 12.3. The number of hydrogen-bond acceptors (Lipinski definition) is 2. The molecule has 1 unspecified atom stereocenters. The first kappa shape index (κ1) is 13.8. The Morgan fingerprint density at radius 2 is 1.95 bits per heavy atom. The number of aryl methyl sites for hydroxylation is 1. The van der Waals surface area contributed by atoms with Crippen LogP contribution in [0.5, 0.6) is 11.5 Å². The molecule has 0 amide bonds. The molecule has 0 fully saturated rings. The van der Waals surface area contributed by atoms with Crippen LogP contribution in [0.1, 0.15) is 24.1 Å². The van der Waals surface area contributed by atoms with Crippen molar-refractivity contribution >= 4 is 11.6 Å². The van der Waals surface area contributed by atoms with Gasteiger partial charge in [-0.3, -0.25) is 0 Å². The lowest BCUT2D eigenvalue weighted by Gasteiger charge is -2.12. The van der Waals surface area contributed by atoms with Crippen LogP contribution < -0.4 is 10.5 Å². The van der Waals surface area contributed by atoms with E-state index in [1.807, 2.05) is 13.0 Å². The van der Waals surface area contributed by atoms with E-state index in [2.05, 4.69) is 0 Å². The quantitative estimate of drug-likeness (QED) is 0.891. The largest absolute Gasteiger partial charge is 0.453 e. The van der Waals surface area contributed by atoms with E-state index in [-0.39, 0.29) is 17.6 Å². The van der Waals surface area contributed by atoms with Crippen molar-refractivity contribution in [2.24, 2.45) is 5.73 Å². The Bertz CT molecular complexity index is 599. The van der Waals surface area contributed by atoms with Crippen molar-refractivity contribution in [3.05, 3.63) is 58.4 Å². The number of hydrogen-bond donors (Lipinski definition) is 1. The molecule has 0 aliphatic rings. The van der Waals surface area contributed by atoms with Gasteiger partial charge in [-0.1, -0.05) is 29.8 Å². The summed E-state index contributed by atoms with van der Waals surface area (Å²) in [7, 11) is 0. The second kappa shape index (κ2) is 5.59. The highest BCUT2D eigenvalue weighted by atomic mass is 35.5. The molecule has 0 aliphatic heterocycles. The summed E-state index contributed by atoms with van der Waals surface area (Å²) in [6.45, 7) is 3.55. The van der Waals surface area contributed by atoms with E-state index in [0.717, 1.165) is 5.56 Å². The molecule has 2 rings (SSSR count). The maximum absolute atomic E-state index is 13.8. The maximum Gasteiger partial charge on any atom is 0.168 e. The third-order valence-corrected chi connectivity index (χ3v) is 3.15. The van der Waals surface area contributed by atoms with Crippen LogP contribution in [-0.4, -0.2) is 0 Å². The first-order valence-electron chi connectivity index (χ1n) is 5.97. The van der Waals surface area contributed by atoms with Gasteiger partial charge in [0.25, 0.3) is 0 Å². The van der Waals surface area contributed by atoms with E-state index >= 15 is 0 Å². The molecule has 0 spiro atoms. The van der Waals surface area contributed by atoms with Gasteiger partial charge in [0.2, 0.25) is 0 Å². The third-order valence-electron chi connectivity index (χ3n) is 2.86. The molecule has 0 aromatic heterocycles. The Labute approximate surface area is 117 Å². The van der Waals surface area contributed by atoms with Crippen LogP contribution in [0.2, 0.25) is 5.02 Å². The van der Waals surface area contributed by atoms with Crippen molar-refractivity contribution in [3.63, 3.8) is 0 Å². The molecule has 2 aromatic rings. The highest BCUT2D eigenvalue weighted by molar-refractivity contribution is 6.32. The summed E-state index contributed by atoms with van der Waals surface area (Å²) in [5, 5.41) is 0.413. The van der Waals surface area contributed by atoms with Gasteiger partial charge in [-0.25, -0.2) is 4.39 Å². The molecule has 2 N–H and O–H groups in total. The molecule has 2 aromatic carbocycles. The van der Waals surface area contributed by atoms with Gasteiger partial charge in [0.05, 0.1) is 5.02 Å². The lowest BCUT2D eigenvalue weighted by Crippen LogP contribution is -2.04. The SMILES string of the molecule is Cc1cccc(Oc2ccc(C(C)N)cc2Cl)c1F. The average Bonchev–Trinajstić information content (AvgIpc) is 2.37. The Morgan fingerprint density at radius 1 is 1.21 bits per heavy atom. The minimum atomic E-state index is -0.380. The summed E-state index contributed by atoms with van der Waals surface area (Å²) in [6.07, 6.45) is 0. The van der Waals surface area contributed by atoms with Crippen LogP contribution in [-0.2, 0) is 0 Å². The van der Waals surface area contributed by atoms with Crippen LogP contribution in [0.4, 0.5) is 4.39 Å². The summed E-state index contributed by atoms with van der Waals surface area (Å²) >= 11 is 6.11. The van der Waals surface area contributed by atoms with Gasteiger partial charge in [-0.05, 0) is 43.2 Å². The predicted molar refractivity (Wildman–Crippen MR) is 75.3 cm³/mol. The van der Waals surface area contributed by atoms with E-state index in [1.165, 1.54) is 0 Å². The monoisotopic (exact) mass is 279 g/mol. The molecule has 0 heterocycles. The second-order valence-electron chi connectivity index (χ2n) is 4.47. The smallest absolute Gasteiger partial charge is 0.168 e. The van der Waals surface area contributed by atoms with Crippen molar-refractivity contribution < 1.29 is 9.13 Å². The van der Waals surface area contributed by atoms with Gasteiger partial charge in [0, 0.05) is 6.04 Å². The van der Waals surface area contributed by atoms with E-state index in [1.54, 1.807) is 37.3 Å². The van der Waals surface area contributed by atoms with Gasteiger partial charge in [-0.2, -0.15) is 0 Å². The Morgan fingerprint density at radius 3 is 2.58 bits per heavy atom. The molecule has 19 heavy (non-hydrogen) atoms. The molecule has 0 radical (unpaired) electrons. The van der Waals surface area contributed by atoms with Crippen LogP contribution in [0.25, 0.3) is 0 Å². The van der Waals surface area contributed by atoms with Crippen LogP contribution >= 0.6 is 11.6 Å². The van der Waals surface area contributed by atoms with Gasteiger partial charge < -0.3 is 10.5 Å². The van der Waals surface area contributed by atoms with Crippen LogP contribution in [0.15, 0.2) is 36.4 Å². The lowest BCUT2D eigenvalue weighted by atomic mass is 10.1. The summed E-state index contributed by atoms with van der Waals surface area (Å²) in [4.78, 5) is 0. The third kappa shape index (κ3) is 3.06. The van der Waals surface area contributed by atoms with E-state index in [9.17, 15) is 4.39 Å². The second-order valence-corrected chi connectivity index (χ2v) is 4.87. The Balaban J connectivity index is 2.31. The number of halogens is 2. The van der Waals surface area contributed by atoms with Crippen LogP contribution in [0.3, 0.4) is 0 Å². The van der Waals surface area contributed by atoms with Gasteiger partial charge >= 0.3 is 0 Å². The maximum atomic E-state index is 13.8. The number of benzene rings is 2. The van der Waals surface area contributed by atoms with Crippen molar-refractivity contribution in [1.82, 2.24) is 0 Å². The topological polar surface area (TPSA) is 35.2 Å². The highest BCUT2D eigenvalue weighted by Gasteiger charge is 2.10. The Hall–Kier alpha value is -1.58. The first-order chi connectivity index (χ1) is 8.99. The zero-order valence-electron chi connectivity index (χ0n) is 10.8. The standard InChI is InChI=1S/C15H15ClFNO/c1-9-4-3-5-14(15(9)17)19-13-7-6-11(10(2)18)8-12(13)16/h3-8,10H,18H2,1-2H3. The number of rotatable bonds is 3. The van der Waals surface area contributed by atoms with Crippen molar-refractivity contribution in [2.75, 3.05) is 0 Å². The van der Waals surface area contributed by atoms with Crippen molar-refractivity contribution in [1.29, 1.82) is 0 Å². The molecule has 1 atom stereocenters. The molecule has 100 valence electrons. The fraction of sp³-hybridized carbons (Fsp3) is 0.200. The number of nitrogens with two attached hydrogens (primary N) is 1. The van der Waals surface area contributed by atoms with Crippen molar-refractivity contribution in [2.45, 2.75) is 19.9 Å².